The fourth-order valence-corrected chi connectivity index (χ4v) is 2.10. The summed E-state index contributed by atoms with van der Waals surface area (Å²) in [6.45, 7) is 15.2. The minimum atomic E-state index is -0.589. The van der Waals surface area contributed by atoms with E-state index in [1.807, 2.05) is 48.5 Å². The van der Waals surface area contributed by atoms with Crippen molar-refractivity contribution >= 4 is 18.8 Å². The first-order valence-electron chi connectivity index (χ1n) is 7.47. The van der Waals surface area contributed by atoms with Gasteiger partial charge in [-0.05, 0) is 55.4 Å². The molecular weight excluding hydrogens is 283 g/mol. The van der Waals surface area contributed by atoms with Crippen molar-refractivity contribution in [2.24, 2.45) is 0 Å². The average molecular weight is 308 g/mol. The Morgan fingerprint density at radius 3 is 2.18 bits per heavy atom. The van der Waals surface area contributed by atoms with Crippen molar-refractivity contribution < 1.29 is 18.8 Å². The average Bonchev–Trinajstić information content (AvgIpc) is 2.75. The Morgan fingerprint density at radius 2 is 1.73 bits per heavy atom. The molecule has 1 aromatic rings. The Balaban J connectivity index is 2.25. The van der Waals surface area contributed by atoms with Gasteiger partial charge in [0.05, 0.1) is 16.8 Å². The SMILES string of the molecule is Cc1c(B2OC(C)(C)C(C)(C)O2)ncn1C(=O)OC(C)(C)C. The number of carbonyl (C=O) groups excluding carboxylic acids is 1. The first kappa shape index (κ1) is 17.0. The van der Waals surface area contributed by atoms with Gasteiger partial charge in [-0.3, -0.25) is 0 Å². The van der Waals surface area contributed by atoms with Crippen LogP contribution in [0.5, 0.6) is 0 Å². The molecule has 0 bridgehead atoms. The van der Waals surface area contributed by atoms with E-state index in [2.05, 4.69) is 4.98 Å². The summed E-state index contributed by atoms with van der Waals surface area (Å²) in [6.07, 6.45) is 0.990. The van der Waals surface area contributed by atoms with Crippen LogP contribution in [0.3, 0.4) is 0 Å². The first-order chi connectivity index (χ1) is 9.84. The van der Waals surface area contributed by atoms with Crippen LogP contribution in [-0.4, -0.2) is 39.6 Å². The largest absolute Gasteiger partial charge is 0.516 e. The normalized spacial score (nSPS) is 20.3. The number of hydrogen-bond donors (Lipinski definition) is 0. The van der Waals surface area contributed by atoms with Gasteiger partial charge in [0.15, 0.2) is 0 Å². The number of rotatable bonds is 1. The smallest absolute Gasteiger partial charge is 0.443 e. The molecule has 2 heterocycles. The molecule has 1 aliphatic heterocycles. The van der Waals surface area contributed by atoms with Crippen molar-refractivity contribution in [3.05, 3.63) is 12.0 Å². The standard InChI is InChI=1S/C15H25BN2O4/c1-10-11(16-21-14(5,6)15(7,8)22-16)17-9-18(10)12(19)20-13(2,3)4/h9H,1-8H3. The summed E-state index contributed by atoms with van der Waals surface area (Å²) >= 11 is 0. The zero-order valence-electron chi connectivity index (χ0n) is 14.7. The van der Waals surface area contributed by atoms with Crippen LogP contribution in [0.1, 0.15) is 54.2 Å². The summed E-state index contributed by atoms with van der Waals surface area (Å²) in [6, 6.07) is 0. The lowest BCUT2D eigenvalue weighted by Gasteiger charge is -2.32. The molecule has 7 heteroatoms. The van der Waals surface area contributed by atoms with E-state index in [1.165, 1.54) is 10.9 Å². The summed E-state index contributed by atoms with van der Waals surface area (Å²) in [7, 11) is -0.589. The highest BCUT2D eigenvalue weighted by atomic mass is 16.7. The monoisotopic (exact) mass is 308 g/mol. The topological polar surface area (TPSA) is 62.6 Å². The van der Waals surface area contributed by atoms with Crippen molar-refractivity contribution in [3.8, 4) is 0 Å². The van der Waals surface area contributed by atoms with E-state index in [0.29, 0.717) is 11.3 Å². The van der Waals surface area contributed by atoms with E-state index in [1.54, 1.807) is 6.92 Å². The van der Waals surface area contributed by atoms with E-state index in [4.69, 9.17) is 14.0 Å². The van der Waals surface area contributed by atoms with Crippen LogP contribution in [0.15, 0.2) is 6.33 Å². The Labute approximate surface area is 132 Å². The molecule has 0 radical (unpaired) electrons. The van der Waals surface area contributed by atoms with Crippen LogP contribution in [0.2, 0.25) is 0 Å². The summed E-state index contributed by atoms with van der Waals surface area (Å²) in [4.78, 5) is 16.5. The molecule has 0 spiro atoms. The minimum Gasteiger partial charge on any atom is -0.443 e. The maximum absolute atomic E-state index is 12.2. The molecule has 0 saturated carbocycles. The second-order valence-corrected chi connectivity index (χ2v) is 7.65. The molecule has 0 aliphatic carbocycles. The van der Waals surface area contributed by atoms with Gasteiger partial charge >= 0.3 is 13.2 Å². The first-order valence-corrected chi connectivity index (χ1v) is 7.47. The fraction of sp³-hybridized carbons (Fsp3) is 0.733. The predicted molar refractivity (Wildman–Crippen MR) is 84.3 cm³/mol. The second kappa shape index (κ2) is 5.10. The maximum Gasteiger partial charge on any atom is 0.516 e. The second-order valence-electron chi connectivity index (χ2n) is 7.65. The van der Waals surface area contributed by atoms with E-state index in [-0.39, 0.29) is 0 Å². The number of carbonyl (C=O) groups is 1. The van der Waals surface area contributed by atoms with E-state index in [0.717, 1.165) is 0 Å². The molecule has 122 valence electrons. The van der Waals surface area contributed by atoms with Gasteiger partial charge in [-0.25, -0.2) is 14.3 Å². The van der Waals surface area contributed by atoms with E-state index in [9.17, 15) is 4.79 Å². The lowest BCUT2D eigenvalue weighted by molar-refractivity contribution is 0.00578. The van der Waals surface area contributed by atoms with E-state index < -0.39 is 30.0 Å². The Kier molecular flexibility index (Phi) is 3.94. The Morgan fingerprint density at radius 1 is 1.23 bits per heavy atom. The predicted octanol–water partition coefficient (Wildman–Crippen LogP) is 2.27. The lowest BCUT2D eigenvalue weighted by atomic mass is 9.83. The molecule has 0 aromatic carbocycles. The third-order valence-electron chi connectivity index (χ3n) is 4.11. The molecule has 0 unspecified atom stereocenters. The van der Waals surface area contributed by atoms with Gasteiger partial charge in [0.1, 0.15) is 11.9 Å². The molecule has 22 heavy (non-hydrogen) atoms. The molecule has 2 rings (SSSR count). The number of ether oxygens (including phenoxy) is 1. The number of nitrogens with zero attached hydrogens (tertiary/aromatic N) is 2. The molecule has 1 fully saturated rings. The van der Waals surface area contributed by atoms with Crippen LogP contribution < -0.4 is 5.59 Å². The number of imidazole rings is 1. The van der Waals surface area contributed by atoms with Gasteiger partial charge in [-0.1, -0.05) is 0 Å². The third-order valence-corrected chi connectivity index (χ3v) is 4.11. The Hall–Kier alpha value is -1.34. The summed E-state index contributed by atoms with van der Waals surface area (Å²) in [5, 5.41) is 0. The van der Waals surface area contributed by atoms with Crippen molar-refractivity contribution in [1.82, 2.24) is 9.55 Å². The summed E-state index contributed by atoms with van der Waals surface area (Å²) in [5.41, 5.74) is -0.185. The van der Waals surface area contributed by atoms with Crippen molar-refractivity contribution in [2.45, 2.75) is 72.2 Å². The molecule has 1 saturated heterocycles. The van der Waals surface area contributed by atoms with Gasteiger partial charge in [-0.15, -0.1) is 0 Å². The summed E-state index contributed by atoms with van der Waals surface area (Å²) in [5.74, 6) is 0. The summed E-state index contributed by atoms with van der Waals surface area (Å²) < 4.78 is 18.7. The highest BCUT2D eigenvalue weighted by Crippen LogP contribution is 2.36. The molecule has 0 N–H and O–H groups in total. The van der Waals surface area contributed by atoms with Gasteiger partial charge in [0.25, 0.3) is 0 Å². The zero-order valence-corrected chi connectivity index (χ0v) is 14.7. The van der Waals surface area contributed by atoms with Crippen LogP contribution in [-0.2, 0) is 14.0 Å². The number of aromatic nitrogens is 2. The fourth-order valence-electron chi connectivity index (χ4n) is 2.10. The van der Waals surface area contributed by atoms with Gasteiger partial charge in [-0.2, -0.15) is 0 Å². The van der Waals surface area contributed by atoms with Crippen molar-refractivity contribution in [2.75, 3.05) is 0 Å². The maximum atomic E-state index is 12.2. The quantitative estimate of drug-likeness (QED) is 0.745. The van der Waals surface area contributed by atoms with Crippen molar-refractivity contribution in [1.29, 1.82) is 0 Å². The minimum absolute atomic E-state index is 0.445. The van der Waals surface area contributed by atoms with Crippen LogP contribution >= 0.6 is 0 Å². The van der Waals surface area contributed by atoms with Crippen LogP contribution in [0.4, 0.5) is 4.79 Å². The zero-order chi connectivity index (χ0) is 16.9. The third kappa shape index (κ3) is 3.05. The molecule has 0 amide bonds. The molecule has 1 aliphatic rings. The molecule has 0 atom stereocenters. The van der Waals surface area contributed by atoms with Gasteiger partial charge < -0.3 is 14.0 Å². The van der Waals surface area contributed by atoms with Gasteiger partial charge in [0.2, 0.25) is 0 Å². The number of hydrogen-bond acceptors (Lipinski definition) is 5. The Bertz CT molecular complexity index is 571. The highest BCUT2D eigenvalue weighted by molar-refractivity contribution is 6.61. The molecular formula is C15H25BN2O4. The lowest BCUT2D eigenvalue weighted by Crippen LogP contribution is -2.41. The highest BCUT2D eigenvalue weighted by Gasteiger charge is 2.53. The molecule has 6 nitrogen and oxygen atoms in total. The van der Waals surface area contributed by atoms with Gasteiger partial charge in [0, 0.05) is 5.69 Å². The van der Waals surface area contributed by atoms with Crippen LogP contribution in [0.25, 0.3) is 0 Å². The van der Waals surface area contributed by atoms with E-state index >= 15 is 0 Å². The molecule has 1 aromatic heterocycles. The van der Waals surface area contributed by atoms with Crippen LogP contribution in [0, 0.1) is 6.92 Å². The van der Waals surface area contributed by atoms with Crippen molar-refractivity contribution in [3.63, 3.8) is 0 Å².